The molecule has 0 saturated carbocycles. The van der Waals surface area contributed by atoms with E-state index in [-0.39, 0.29) is 0 Å². The molecule has 1 fully saturated rings. The minimum atomic E-state index is 0.687. The zero-order chi connectivity index (χ0) is 9.80. The van der Waals surface area contributed by atoms with Gasteiger partial charge in [-0.05, 0) is 32.7 Å². The summed E-state index contributed by atoms with van der Waals surface area (Å²) in [4.78, 5) is 0. The van der Waals surface area contributed by atoms with Crippen molar-refractivity contribution in [2.24, 2.45) is 0 Å². The molecule has 14 heavy (non-hydrogen) atoms. The van der Waals surface area contributed by atoms with E-state index in [1.165, 1.54) is 32.2 Å². The number of hydrogen-bond donors (Lipinski definition) is 1. The standard InChI is InChI=1S/C10H18N4/c1-9-8-12-13-14(9)7-5-10-4-2-3-6-11-10/h8,10-11H,2-7H2,1H3. The van der Waals surface area contributed by atoms with Crippen LogP contribution in [0, 0.1) is 6.92 Å². The highest BCUT2D eigenvalue weighted by molar-refractivity contribution is 4.88. The topological polar surface area (TPSA) is 42.7 Å². The molecule has 1 unspecified atom stereocenters. The lowest BCUT2D eigenvalue weighted by atomic mass is 10.0. The molecule has 78 valence electrons. The first-order valence-electron chi connectivity index (χ1n) is 5.45. The molecule has 2 heterocycles. The Morgan fingerprint density at radius 2 is 2.50 bits per heavy atom. The highest BCUT2D eigenvalue weighted by Gasteiger charge is 2.12. The Bertz CT molecular complexity index is 275. The summed E-state index contributed by atoms with van der Waals surface area (Å²) >= 11 is 0. The van der Waals surface area contributed by atoms with Gasteiger partial charge in [0.2, 0.25) is 0 Å². The fourth-order valence-corrected chi connectivity index (χ4v) is 1.98. The van der Waals surface area contributed by atoms with E-state index >= 15 is 0 Å². The lowest BCUT2D eigenvalue weighted by molar-refractivity contribution is 0.357. The minimum Gasteiger partial charge on any atom is -0.314 e. The Morgan fingerprint density at radius 1 is 1.57 bits per heavy atom. The van der Waals surface area contributed by atoms with E-state index in [2.05, 4.69) is 15.6 Å². The fraction of sp³-hybridized carbons (Fsp3) is 0.800. The maximum absolute atomic E-state index is 4.04. The first-order chi connectivity index (χ1) is 6.86. The van der Waals surface area contributed by atoms with Crippen LogP contribution >= 0.6 is 0 Å². The molecule has 1 aromatic rings. The fourth-order valence-electron chi connectivity index (χ4n) is 1.98. The predicted octanol–water partition coefficient (Wildman–Crippen LogP) is 1.12. The molecule has 1 aliphatic heterocycles. The smallest absolute Gasteiger partial charge is 0.0722 e. The summed E-state index contributed by atoms with van der Waals surface area (Å²) in [6.45, 7) is 4.22. The highest BCUT2D eigenvalue weighted by Crippen LogP contribution is 2.10. The van der Waals surface area contributed by atoms with Crippen molar-refractivity contribution in [3.8, 4) is 0 Å². The molecule has 0 amide bonds. The van der Waals surface area contributed by atoms with Gasteiger partial charge in [-0.3, -0.25) is 0 Å². The third-order valence-corrected chi connectivity index (χ3v) is 2.91. The lowest BCUT2D eigenvalue weighted by Gasteiger charge is -2.23. The first-order valence-corrected chi connectivity index (χ1v) is 5.45. The Labute approximate surface area is 84.7 Å². The van der Waals surface area contributed by atoms with E-state index in [4.69, 9.17) is 0 Å². The second kappa shape index (κ2) is 4.55. The Hall–Kier alpha value is -0.900. The Morgan fingerprint density at radius 3 is 3.14 bits per heavy atom. The molecule has 1 atom stereocenters. The van der Waals surface area contributed by atoms with Crippen molar-refractivity contribution in [1.29, 1.82) is 0 Å². The number of aromatic nitrogens is 3. The molecule has 2 rings (SSSR count). The van der Waals surface area contributed by atoms with Crippen LogP contribution in [0.25, 0.3) is 0 Å². The predicted molar refractivity (Wildman–Crippen MR) is 55.0 cm³/mol. The van der Waals surface area contributed by atoms with Crippen molar-refractivity contribution in [2.45, 2.75) is 45.2 Å². The van der Waals surface area contributed by atoms with Crippen LogP contribution in [0.5, 0.6) is 0 Å². The second-order valence-electron chi connectivity index (χ2n) is 4.03. The number of aryl methyl sites for hydroxylation is 2. The van der Waals surface area contributed by atoms with Gasteiger partial charge in [-0.2, -0.15) is 0 Å². The second-order valence-corrected chi connectivity index (χ2v) is 4.03. The van der Waals surface area contributed by atoms with Crippen LogP contribution in [0.15, 0.2) is 6.20 Å². The summed E-state index contributed by atoms with van der Waals surface area (Å²) in [6.07, 6.45) is 7.00. The summed E-state index contributed by atoms with van der Waals surface area (Å²) in [5.74, 6) is 0. The van der Waals surface area contributed by atoms with E-state index in [0.29, 0.717) is 6.04 Å². The van der Waals surface area contributed by atoms with E-state index < -0.39 is 0 Å². The van der Waals surface area contributed by atoms with Gasteiger partial charge in [0.25, 0.3) is 0 Å². The average molecular weight is 194 g/mol. The third-order valence-electron chi connectivity index (χ3n) is 2.91. The number of piperidine rings is 1. The third kappa shape index (κ3) is 2.32. The summed E-state index contributed by atoms with van der Waals surface area (Å²) in [5, 5.41) is 11.5. The van der Waals surface area contributed by atoms with Crippen molar-refractivity contribution < 1.29 is 0 Å². The molecule has 1 N–H and O–H groups in total. The zero-order valence-corrected chi connectivity index (χ0v) is 8.74. The molecule has 1 aromatic heterocycles. The largest absolute Gasteiger partial charge is 0.314 e. The molecular formula is C10H18N4. The van der Waals surface area contributed by atoms with Crippen molar-refractivity contribution in [2.75, 3.05) is 6.54 Å². The van der Waals surface area contributed by atoms with Gasteiger partial charge in [-0.15, -0.1) is 5.10 Å². The van der Waals surface area contributed by atoms with Gasteiger partial charge in [0.15, 0.2) is 0 Å². The SMILES string of the molecule is Cc1cnnn1CCC1CCCCN1. The van der Waals surface area contributed by atoms with Crippen molar-refractivity contribution in [1.82, 2.24) is 20.3 Å². The molecule has 0 aliphatic carbocycles. The molecular weight excluding hydrogens is 176 g/mol. The molecule has 1 aliphatic rings. The van der Waals surface area contributed by atoms with Crippen molar-refractivity contribution >= 4 is 0 Å². The molecule has 0 radical (unpaired) electrons. The Kier molecular flexibility index (Phi) is 3.14. The number of hydrogen-bond acceptors (Lipinski definition) is 3. The van der Waals surface area contributed by atoms with Gasteiger partial charge in [0, 0.05) is 12.6 Å². The van der Waals surface area contributed by atoms with Gasteiger partial charge in [-0.25, -0.2) is 4.68 Å². The lowest BCUT2D eigenvalue weighted by Crippen LogP contribution is -2.34. The van der Waals surface area contributed by atoms with Gasteiger partial charge >= 0.3 is 0 Å². The van der Waals surface area contributed by atoms with Crippen LogP contribution in [-0.2, 0) is 6.54 Å². The molecule has 0 aromatic carbocycles. The van der Waals surface area contributed by atoms with E-state index in [9.17, 15) is 0 Å². The van der Waals surface area contributed by atoms with Crippen LogP contribution in [0.4, 0.5) is 0 Å². The van der Waals surface area contributed by atoms with E-state index in [1.54, 1.807) is 0 Å². The maximum atomic E-state index is 4.04. The summed E-state index contributed by atoms with van der Waals surface area (Å²) in [6, 6.07) is 0.687. The number of nitrogens with one attached hydrogen (secondary N) is 1. The summed E-state index contributed by atoms with van der Waals surface area (Å²) < 4.78 is 1.98. The van der Waals surface area contributed by atoms with Crippen LogP contribution in [0.2, 0.25) is 0 Å². The van der Waals surface area contributed by atoms with Crippen LogP contribution in [-0.4, -0.2) is 27.6 Å². The molecule has 4 nitrogen and oxygen atoms in total. The monoisotopic (exact) mass is 194 g/mol. The van der Waals surface area contributed by atoms with Crippen molar-refractivity contribution in [3.05, 3.63) is 11.9 Å². The van der Waals surface area contributed by atoms with Gasteiger partial charge in [0.1, 0.15) is 0 Å². The highest BCUT2D eigenvalue weighted by atomic mass is 15.4. The van der Waals surface area contributed by atoms with Gasteiger partial charge < -0.3 is 5.32 Å². The average Bonchev–Trinajstić information content (AvgIpc) is 2.63. The van der Waals surface area contributed by atoms with E-state index in [1.807, 2.05) is 17.8 Å². The zero-order valence-electron chi connectivity index (χ0n) is 8.74. The van der Waals surface area contributed by atoms with Crippen LogP contribution in [0.3, 0.4) is 0 Å². The molecule has 4 heteroatoms. The van der Waals surface area contributed by atoms with Crippen LogP contribution < -0.4 is 5.32 Å². The quantitative estimate of drug-likeness (QED) is 0.784. The maximum Gasteiger partial charge on any atom is 0.0722 e. The van der Waals surface area contributed by atoms with Crippen molar-refractivity contribution in [3.63, 3.8) is 0 Å². The Balaban J connectivity index is 1.79. The summed E-state index contributed by atoms with van der Waals surface area (Å²) in [5.41, 5.74) is 1.15. The van der Waals surface area contributed by atoms with Crippen LogP contribution in [0.1, 0.15) is 31.4 Å². The summed E-state index contributed by atoms with van der Waals surface area (Å²) in [7, 11) is 0. The van der Waals surface area contributed by atoms with E-state index in [0.717, 1.165) is 12.2 Å². The van der Waals surface area contributed by atoms with Gasteiger partial charge in [0.05, 0.1) is 11.9 Å². The first kappa shape index (κ1) is 9.65. The molecule has 1 saturated heterocycles. The normalized spacial score (nSPS) is 22.5. The molecule has 0 spiro atoms. The minimum absolute atomic E-state index is 0.687. The van der Waals surface area contributed by atoms with Gasteiger partial charge in [-0.1, -0.05) is 11.6 Å². The molecule has 0 bridgehead atoms. The number of rotatable bonds is 3. The number of nitrogens with zero attached hydrogens (tertiary/aromatic N) is 3.